The van der Waals surface area contributed by atoms with Crippen LogP contribution in [0.25, 0.3) is 11.3 Å². The van der Waals surface area contributed by atoms with Gasteiger partial charge >= 0.3 is 0 Å². The molecule has 3 rings (SSSR count). The lowest BCUT2D eigenvalue weighted by atomic mass is 10.2. The van der Waals surface area contributed by atoms with Gasteiger partial charge in [0.2, 0.25) is 0 Å². The Kier molecular flexibility index (Phi) is 4.31. The highest BCUT2D eigenvalue weighted by Gasteiger charge is 2.12. The van der Waals surface area contributed by atoms with Crippen LogP contribution in [0.15, 0.2) is 41.8 Å². The highest BCUT2D eigenvalue weighted by molar-refractivity contribution is 7.14. The van der Waals surface area contributed by atoms with Crippen LogP contribution < -0.4 is 5.32 Å². The molecule has 0 saturated heterocycles. The van der Waals surface area contributed by atoms with Gasteiger partial charge in [0.05, 0.1) is 17.0 Å². The normalized spacial score (nSPS) is 10.2. The third kappa shape index (κ3) is 3.29. The van der Waals surface area contributed by atoms with Crippen molar-refractivity contribution < 1.29 is 9.18 Å². The molecule has 0 spiro atoms. The number of nitrogens with zero attached hydrogens (tertiary/aromatic N) is 3. The number of anilines is 1. The van der Waals surface area contributed by atoms with E-state index in [9.17, 15) is 9.18 Å². The number of carbonyl (C=O) groups is 1. The van der Waals surface area contributed by atoms with Gasteiger partial charge in [-0.1, -0.05) is 0 Å². The molecule has 0 fully saturated rings. The summed E-state index contributed by atoms with van der Waals surface area (Å²) in [4.78, 5) is 20.6. The van der Waals surface area contributed by atoms with Crippen LogP contribution in [-0.2, 0) is 0 Å². The summed E-state index contributed by atoms with van der Waals surface area (Å²) in [7, 11) is 0. The molecule has 1 N–H and O–H groups in total. The van der Waals surface area contributed by atoms with Crippen LogP contribution in [0.4, 0.5) is 9.52 Å². The number of hydrogen-bond donors (Lipinski definition) is 1. The van der Waals surface area contributed by atoms with E-state index in [1.165, 1.54) is 29.5 Å². The Hall–Kier alpha value is -3.11. The highest BCUT2D eigenvalue weighted by atomic mass is 32.1. The largest absolute Gasteiger partial charge is 0.296 e. The van der Waals surface area contributed by atoms with Gasteiger partial charge in [0.1, 0.15) is 17.6 Å². The molecule has 0 saturated carbocycles. The summed E-state index contributed by atoms with van der Waals surface area (Å²) < 4.78 is 13.0. The van der Waals surface area contributed by atoms with E-state index in [4.69, 9.17) is 5.26 Å². The lowest BCUT2D eigenvalue weighted by Crippen LogP contribution is -2.14. The number of amides is 1. The Balaban J connectivity index is 1.77. The maximum Gasteiger partial charge on any atom is 0.276 e. The molecule has 0 bridgehead atoms. The number of pyridine rings is 1. The predicted octanol–water partition coefficient (Wildman–Crippen LogP) is 3.78. The Morgan fingerprint density at radius 3 is 2.62 bits per heavy atom. The second-order valence-corrected chi connectivity index (χ2v) is 5.80. The second kappa shape index (κ2) is 6.56. The van der Waals surface area contributed by atoms with Crippen molar-refractivity contribution in [1.29, 1.82) is 5.26 Å². The molecule has 7 heteroatoms. The van der Waals surface area contributed by atoms with Crippen LogP contribution in [0, 0.1) is 24.1 Å². The number of nitriles is 1. The average molecular weight is 338 g/mol. The van der Waals surface area contributed by atoms with Crippen molar-refractivity contribution in [2.75, 3.05) is 5.32 Å². The van der Waals surface area contributed by atoms with Crippen LogP contribution in [0.3, 0.4) is 0 Å². The molecule has 0 aliphatic carbocycles. The first-order chi connectivity index (χ1) is 11.6. The van der Waals surface area contributed by atoms with E-state index in [1.807, 2.05) is 6.07 Å². The van der Waals surface area contributed by atoms with Crippen LogP contribution in [-0.4, -0.2) is 15.9 Å². The zero-order chi connectivity index (χ0) is 17.1. The predicted molar refractivity (Wildman–Crippen MR) is 89.2 cm³/mol. The number of aromatic nitrogens is 2. The summed E-state index contributed by atoms with van der Waals surface area (Å²) in [6, 6.07) is 11.0. The quantitative estimate of drug-likeness (QED) is 0.788. The van der Waals surface area contributed by atoms with E-state index < -0.39 is 5.91 Å². The zero-order valence-corrected chi connectivity index (χ0v) is 13.4. The fourth-order valence-corrected chi connectivity index (χ4v) is 2.77. The lowest BCUT2D eigenvalue weighted by Gasteiger charge is -2.03. The average Bonchev–Trinajstić information content (AvgIpc) is 3.04. The molecule has 0 aliphatic rings. The molecule has 0 unspecified atom stereocenters. The van der Waals surface area contributed by atoms with E-state index in [2.05, 4.69) is 15.3 Å². The van der Waals surface area contributed by atoms with Gasteiger partial charge in [0.15, 0.2) is 5.13 Å². The van der Waals surface area contributed by atoms with Crippen molar-refractivity contribution in [3.63, 3.8) is 0 Å². The fraction of sp³-hybridized carbons (Fsp3) is 0.0588. The summed E-state index contributed by atoms with van der Waals surface area (Å²) in [5, 5.41) is 13.8. The second-order valence-electron chi connectivity index (χ2n) is 4.94. The number of hydrogen-bond acceptors (Lipinski definition) is 5. The SMILES string of the molecule is Cc1nc(C(=O)Nc2nc(-c3ccc(F)cc3)cs2)ccc1C#N. The molecule has 1 aromatic carbocycles. The number of benzene rings is 1. The van der Waals surface area contributed by atoms with E-state index in [1.54, 1.807) is 30.5 Å². The number of thiazole rings is 1. The van der Waals surface area contributed by atoms with Gasteiger partial charge in [-0.05, 0) is 43.3 Å². The highest BCUT2D eigenvalue weighted by Crippen LogP contribution is 2.25. The van der Waals surface area contributed by atoms with E-state index in [0.29, 0.717) is 22.1 Å². The van der Waals surface area contributed by atoms with E-state index >= 15 is 0 Å². The topological polar surface area (TPSA) is 78.7 Å². The molecule has 2 heterocycles. The van der Waals surface area contributed by atoms with Crippen molar-refractivity contribution >= 4 is 22.4 Å². The lowest BCUT2D eigenvalue weighted by molar-refractivity contribution is 0.102. The molecule has 118 valence electrons. The monoisotopic (exact) mass is 338 g/mol. The molecular formula is C17H11FN4OS. The minimum Gasteiger partial charge on any atom is -0.296 e. The van der Waals surface area contributed by atoms with Crippen LogP contribution in [0.1, 0.15) is 21.7 Å². The molecule has 0 aliphatic heterocycles. The number of nitrogens with one attached hydrogen (secondary N) is 1. The molecule has 3 aromatic rings. The Bertz CT molecular complexity index is 944. The van der Waals surface area contributed by atoms with Gasteiger partial charge in [-0.15, -0.1) is 11.3 Å². The minimum atomic E-state index is -0.400. The smallest absolute Gasteiger partial charge is 0.276 e. The van der Waals surface area contributed by atoms with Gasteiger partial charge in [0.25, 0.3) is 5.91 Å². The first-order valence-electron chi connectivity index (χ1n) is 6.97. The van der Waals surface area contributed by atoms with Crippen LogP contribution >= 0.6 is 11.3 Å². The number of carbonyl (C=O) groups excluding carboxylic acids is 1. The van der Waals surface area contributed by atoms with Gasteiger partial charge < -0.3 is 0 Å². The molecule has 5 nitrogen and oxygen atoms in total. The number of aryl methyl sites for hydroxylation is 1. The Morgan fingerprint density at radius 2 is 1.96 bits per heavy atom. The summed E-state index contributed by atoms with van der Waals surface area (Å²) >= 11 is 1.27. The maximum atomic E-state index is 13.0. The van der Waals surface area contributed by atoms with Gasteiger partial charge in [-0.3, -0.25) is 10.1 Å². The standard InChI is InChI=1S/C17H11FN4OS/c1-10-12(8-19)4-7-14(20-10)16(23)22-17-21-15(9-24-17)11-2-5-13(18)6-3-11/h2-7,9H,1H3,(H,21,22,23). The van der Waals surface area contributed by atoms with Crippen LogP contribution in [0.5, 0.6) is 0 Å². The fourth-order valence-electron chi connectivity index (χ4n) is 2.05. The van der Waals surface area contributed by atoms with Crippen LogP contribution in [0.2, 0.25) is 0 Å². The molecule has 1 amide bonds. The first-order valence-corrected chi connectivity index (χ1v) is 7.85. The summed E-state index contributed by atoms with van der Waals surface area (Å²) in [5.74, 6) is -0.715. The maximum absolute atomic E-state index is 13.0. The zero-order valence-electron chi connectivity index (χ0n) is 12.6. The van der Waals surface area contributed by atoms with Gasteiger partial charge in [0, 0.05) is 10.9 Å². The van der Waals surface area contributed by atoms with Crippen molar-refractivity contribution in [2.24, 2.45) is 0 Å². The molecule has 0 radical (unpaired) electrons. The third-order valence-corrected chi connectivity index (χ3v) is 4.06. The Morgan fingerprint density at radius 1 is 1.21 bits per heavy atom. The summed E-state index contributed by atoms with van der Waals surface area (Å²) in [5.41, 5.74) is 2.56. The number of rotatable bonds is 3. The van der Waals surface area contributed by atoms with Crippen molar-refractivity contribution in [3.8, 4) is 17.3 Å². The molecule has 0 atom stereocenters. The van der Waals surface area contributed by atoms with Crippen molar-refractivity contribution in [1.82, 2.24) is 9.97 Å². The summed E-state index contributed by atoms with van der Waals surface area (Å²) in [6.07, 6.45) is 0. The molecular weight excluding hydrogens is 327 g/mol. The first kappa shape index (κ1) is 15.8. The minimum absolute atomic E-state index is 0.213. The molecule has 2 aromatic heterocycles. The van der Waals surface area contributed by atoms with Gasteiger partial charge in [-0.25, -0.2) is 14.4 Å². The summed E-state index contributed by atoms with van der Waals surface area (Å²) in [6.45, 7) is 1.67. The molecule has 24 heavy (non-hydrogen) atoms. The van der Waals surface area contributed by atoms with Crippen molar-refractivity contribution in [3.05, 3.63) is 64.5 Å². The van der Waals surface area contributed by atoms with E-state index in [-0.39, 0.29) is 11.5 Å². The third-order valence-electron chi connectivity index (χ3n) is 3.30. The van der Waals surface area contributed by atoms with Crippen molar-refractivity contribution in [2.45, 2.75) is 6.92 Å². The Labute approximate surface area is 141 Å². The number of halogens is 1. The van der Waals surface area contributed by atoms with Gasteiger partial charge in [-0.2, -0.15) is 5.26 Å². The van der Waals surface area contributed by atoms with E-state index in [0.717, 1.165) is 5.56 Å².